The number of amides is 1. The van der Waals surface area contributed by atoms with Gasteiger partial charge < -0.3 is 5.32 Å². The summed E-state index contributed by atoms with van der Waals surface area (Å²) in [5.74, 6) is -0.0833. The van der Waals surface area contributed by atoms with Crippen molar-refractivity contribution >= 4 is 21.8 Å². The number of alkyl halides is 1. The van der Waals surface area contributed by atoms with Crippen LogP contribution in [0.2, 0.25) is 0 Å². The molecule has 4 heteroatoms. The Morgan fingerprint density at radius 3 is 2.83 bits per heavy atom. The van der Waals surface area contributed by atoms with Gasteiger partial charge in [-0.25, -0.2) is 0 Å². The lowest BCUT2D eigenvalue weighted by Crippen LogP contribution is -2.34. The standard InChI is InChI=1S/C14H21BrN2O/c1-11-6-4-9-16-12(11)13(18)17-10-14(2,3)7-5-8-15/h4,6,9H,5,7-8,10H2,1-3H3,(H,17,18). The zero-order valence-corrected chi connectivity index (χ0v) is 12.9. The number of hydrogen-bond acceptors (Lipinski definition) is 2. The van der Waals surface area contributed by atoms with E-state index in [9.17, 15) is 4.79 Å². The van der Waals surface area contributed by atoms with Gasteiger partial charge in [0.25, 0.3) is 5.91 Å². The van der Waals surface area contributed by atoms with Gasteiger partial charge in [0.1, 0.15) is 5.69 Å². The molecule has 1 N–H and O–H groups in total. The maximum absolute atomic E-state index is 12.0. The zero-order chi connectivity index (χ0) is 13.6. The van der Waals surface area contributed by atoms with Gasteiger partial charge in [0.2, 0.25) is 0 Å². The molecule has 3 nitrogen and oxygen atoms in total. The number of hydrogen-bond donors (Lipinski definition) is 1. The number of pyridine rings is 1. The first-order valence-corrected chi connectivity index (χ1v) is 7.34. The van der Waals surface area contributed by atoms with Crippen molar-refractivity contribution in [1.82, 2.24) is 10.3 Å². The molecule has 0 bridgehead atoms. The third kappa shape index (κ3) is 4.77. The Hall–Kier alpha value is -0.900. The fraction of sp³-hybridized carbons (Fsp3) is 0.571. The molecule has 1 amide bonds. The molecular weight excluding hydrogens is 292 g/mol. The van der Waals surface area contributed by atoms with E-state index < -0.39 is 0 Å². The average molecular weight is 313 g/mol. The van der Waals surface area contributed by atoms with Gasteiger partial charge in [-0.3, -0.25) is 9.78 Å². The molecule has 0 aromatic carbocycles. The number of carbonyl (C=O) groups is 1. The minimum absolute atomic E-state index is 0.0833. The maximum Gasteiger partial charge on any atom is 0.270 e. The predicted octanol–water partition coefficient (Wildman–Crippen LogP) is 3.32. The fourth-order valence-corrected chi connectivity index (χ4v) is 2.04. The summed E-state index contributed by atoms with van der Waals surface area (Å²) < 4.78 is 0. The topological polar surface area (TPSA) is 42.0 Å². The molecule has 1 aromatic rings. The molecule has 0 saturated heterocycles. The van der Waals surface area contributed by atoms with Crippen LogP contribution in [0.5, 0.6) is 0 Å². The number of halogens is 1. The number of nitrogens with one attached hydrogen (secondary N) is 1. The lowest BCUT2D eigenvalue weighted by Gasteiger charge is -2.24. The van der Waals surface area contributed by atoms with E-state index in [1.807, 2.05) is 19.1 Å². The highest BCUT2D eigenvalue weighted by Gasteiger charge is 2.19. The van der Waals surface area contributed by atoms with Crippen molar-refractivity contribution in [2.45, 2.75) is 33.6 Å². The fourth-order valence-electron chi connectivity index (χ4n) is 1.76. The molecule has 1 heterocycles. The first-order chi connectivity index (χ1) is 8.46. The second-order valence-corrected chi connectivity index (χ2v) is 6.10. The maximum atomic E-state index is 12.0. The Bertz CT molecular complexity index is 405. The largest absolute Gasteiger partial charge is 0.350 e. The van der Waals surface area contributed by atoms with E-state index in [1.54, 1.807) is 6.20 Å². The van der Waals surface area contributed by atoms with Gasteiger partial charge >= 0.3 is 0 Å². The summed E-state index contributed by atoms with van der Waals surface area (Å²) in [7, 11) is 0. The second-order valence-electron chi connectivity index (χ2n) is 5.31. The van der Waals surface area contributed by atoms with Gasteiger partial charge in [0, 0.05) is 18.1 Å². The van der Waals surface area contributed by atoms with Crippen molar-refractivity contribution < 1.29 is 4.79 Å². The highest BCUT2D eigenvalue weighted by molar-refractivity contribution is 9.09. The van der Waals surface area contributed by atoms with E-state index in [0.717, 1.165) is 23.7 Å². The summed E-state index contributed by atoms with van der Waals surface area (Å²) >= 11 is 3.43. The highest BCUT2D eigenvalue weighted by Crippen LogP contribution is 2.21. The van der Waals surface area contributed by atoms with E-state index >= 15 is 0 Å². The molecule has 0 unspecified atom stereocenters. The molecule has 1 aromatic heterocycles. The van der Waals surface area contributed by atoms with Crippen molar-refractivity contribution in [3.05, 3.63) is 29.6 Å². The molecule has 0 saturated carbocycles. The second kappa shape index (κ2) is 6.88. The van der Waals surface area contributed by atoms with Crippen LogP contribution >= 0.6 is 15.9 Å². The summed E-state index contributed by atoms with van der Waals surface area (Å²) in [6, 6.07) is 3.74. The lowest BCUT2D eigenvalue weighted by atomic mass is 9.88. The Labute approximate surface area is 118 Å². The molecule has 0 aliphatic carbocycles. The van der Waals surface area contributed by atoms with Crippen molar-refractivity contribution in [3.8, 4) is 0 Å². The number of aryl methyl sites for hydroxylation is 1. The number of nitrogens with zero attached hydrogens (tertiary/aromatic N) is 1. The first-order valence-electron chi connectivity index (χ1n) is 6.22. The summed E-state index contributed by atoms with van der Waals surface area (Å²) in [6.07, 6.45) is 3.85. The molecule has 0 spiro atoms. The predicted molar refractivity (Wildman–Crippen MR) is 78.1 cm³/mol. The van der Waals surface area contributed by atoms with Crippen LogP contribution in [0.4, 0.5) is 0 Å². The summed E-state index contributed by atoms with van der Waals surface area (Å²) in [5, 5.41) is 3.98. The normalized spacial score (nSPS) is 11.3. The quantitative estimate of drug-likeness (QED) is 0.819. The van der Waals surface area contributed by atoms with Crippen LogP contribution in [0.15, 0.2) is 18.3 Å². The van der Waals surface area contributed by atoms with Crippen LogP contribution in [0.3, 0.4) is 0 Å². The minimum Gasteiger partial charge on any atom is -0.350 e. The van der Waals surface area contributed by atoms with Crippen molar-refractivity contribution in [2.75, 3.05) is 11.9 Å². The van der Waals surface area contributed by atoms with Crippen LogP contribution in [0.1, 0.15) is 42.7 Å². The lowest BCUT2D eigenvalue weighted by molar-refractivity contribution is 0.0929. The number of carbonyl (C=O) groups excluding carboxylic acids is 1. The molecule has 100 valence electrons. The SMILES string of the molecule is Cc1cccnc1C(=O)NCC(C)(C)CCCBr. The van der Waals surface area contributed by atoms with E-state index in [2.05, 4.69) is 40.1 Å². The number of aromatic nitrogens is 1. The third-order valence-electron chi connectivity index (χ3n) is 2.94. The first kappa shape index (κ1) is 15.2. The summed E-state index contributed by atoms with van der Waals surface area (Å²) in [5.41, 5.74) is 1.55. The van der Waals surface area contributed by atoms with Gasteiger partial charge in [0.05, 0.1) is 0 Å². The minimum atomic E-state index is -0.0833. The summed E-state index contributed by atoms with van der Waals surface area (Å²) in [6.45, 7) is 6.91. The molecular formula is C14H21BrN2O. The van der Waals surface area contributed by atoms with E-state index in [4.69, 9.17) is 0 Å². The molecule has 0 aliphatic rings. The van der Waals surface area contributed by atoms with E-state index in [0.29, 0.717) is 12.2 Å². The Balaban J connectivity index is 2.54. The molecule has 0 radical (unpaired) electrons. The number of rotatable bonds is 6. The van der Waals surface area contributed by atoms with Gasteiger partial charge in [0.15, 0.2) is 0 Å². The van der Waals surface area contributed by atoms with Gasteiger partial charge in [-0.15, -0.1) is 0 Å². The third-order valence-corrected chi connectivity index (χ3v) is 3.50. The van der Waals surface area contributed by atoms with E-state index in [1.165, 1.54) is 0 Å². The van der Waals surface area contributed by atoms with Crippen LogP contribution < -0.4 is 5.32 Å². The van der Waals surface area contributed by atoms with Crippen molar-refractivity contribution in [2.24, 2.45) is 5.41 Å². The smallest absolute Gasteiger partial charge is 0.270 e. The van der Waals surface area contributed by atoms with Gasteiger partial charge in [-0.05, 0) is 36.8 Å². The van der Waals surface area contributed by atoms with Crippen LogP contribution in [0, 0.1) is 12.3 Å². The zero-order valence-electron chi connectivity index (χ0n) is 11.3. The summed E-state index contributed by atoms with van der Waals surface area (Å²) in [4.78, 5) is 16.1. The van der Waals surface area contributed by atoms with Crippen molar-refractivity contribution in [1.29, 1.82) is 0 Å². The highest BCUT2D eigenvalue weighted by atomic mass is 79.9. The molecule has 18 heavy (non-hydrogen) atoms. The molecule has 0 atom stereocenters. The molecule has 0 aliphatic heterocycles. The van der Waals surface area contributed by atoms with Gasteiger partial charge in [-0.2, -0.15) is 0 Å². The Kier molecular flexibility index (Phi) is 5.79. The Morgan fingerprint density at radius 1 is 1.50 bits per heavy atom. The Morgan fingerprint density at radius 2 is 2.22 bits per heavy atom. The molecule has 1 rings (SSSR count). The molecule has 0 fully saturated rings. The van der Waals surface area contributed by atoms with Crippen LogP contribution in [-0.2, 0) is 0 Å². The van der Waals surface area contributed by atoms with Crippen LogP contribution in [-0.4, -0.2) is 22.8 Å². The van der Waals surface area contributed by atoms with Gasteiger partial charge in [-0.1, -0.05) is 35.8 Å². The van der Waals surface area contributed by atoms with Crippen LogP contribution in [0.25, 0.3) is 0 Å². The van der Waals surface area contributed by atoms with Crippen molar-refractivity contribution in [3.63, 3.8) is 0 Å². The average Bonchev–Trinajstić information content (AvgIpc) is 2.34. The van der Waals surface area contributed by atoms with E-state index in [-0.39, 0.29) is 11.3 Å². The monoisotopic (exact) mass is 312 g/mol.